The zero-order valence-electron chi connectivity index (χ0n) is 19.6. The second-order valence-corrected chi connectivity index (χ2v) is 8.96. The molecule has 0 saturated carbocycles. The van der Waals surface area contributed by atoms with Crippen LogP contribution in [0, 0.1) is 0 Å². The maximum atomic E-state index is 13.6. The number of nitrogens with zero attached hydrogens (tertiary/aromatic N) is 2. The van der Waals surface area contributed by atoms with Gasteiger partial charge in [-0.3, -0.25) is 9.36 Å². The second kappa shape index (κ2) is 10.4. The minimum absolute atomic E-state index is 0.195. The second-order valence-electron chi connectivity index (χ2n) is 7.54. The Balaban J connectivity index is 1.90. The van der Waals surface area contributed by atoms with E-state index in [0.717, 1.165) is 0 Å². The van der Waals surface area contributed by atoms with Gasteiger partial charge in [-0.05, 0) is 43.7 Å². The number of aromatic nitrogens is 1. The van der Waals surface area contributed by atoms with Crippen LogP contribution in [0.2, 0.25) is 5.02 Å². The van der Waals surface area contributed by atoms with Gasteiger partial charge in [0.15, 0.2) is 16.3 Å². The quantitative estimate of drug-likeness (QED) is 0.486. The van der Waals surface area contributed by atoms with Crippen molar-refractivity contribution in [1.29, 1.82) is 0 Å². The van der Waals surface area contributed by atoms with Gasteiger partial charge in [-0.2, -0.15) is 0 Å². The number of esters is 1. The normalized spacial score (nSPS) is 15.3. The van der Waals surface area contributed by atoms with Crippen molar-refractivity contribution in [2.24, 2.45) is 4.99 Å². The number of carbonyl (C=O) groups excluding carboxylic acids is 1. The molecule has 0 spiro atoms. The Labute approximate surface area is 210 Å². The number of para-hydroxylation sites is 1. The van der Waals surface area contributed by atoms with Crippen LogP contribution in [-0.2, 0) is 9.53 Å². The number of methoxy groups -OCH3 is 2. The number of ether oxygens (including phenoxy) is 3. The number of allylic oxidation sites excluding steroid dienone is 1. The fraction of sp³-hybridized carbons (Fsp3) is 0.240. The topological polar surface area (TPSA) is 91.2 Å². The third-order valence-corrected chi connectivity index (χ3v) is 6.79. The third-order valence-electron chi connectivity index (χ3n) is 5.47. The van der Waals surface area contributed by atoms with Crippen molar-refractivity contribution in [1.82, 2.24) is 4.57 Å². The molecule has 8 nitrogen and oxygen atoms in total. The molecule has 1 aromatic heterocycles. The highest BCUT2D eigenvalue weighted by Crippen LogP contribution is 2.36. The maximum absolute atomic E-state index is 13.6. The molecule has 10 heteroatoms. The monoisotopic (exact) mass is 513 g/mol. The van der Waals surface area contributed by atoms with Crippen LogP contribution in [0.5, 0.6) is 11.5 Å². The Hall–Kier alpha value is -3.56. The minimum atomic E-state index is -0.757. The summed E-state index contributed by atoms with van der Waals surface area (Å²) in [6, 6.07) is 11.8. The van der Waals surface area contributed by atoms with E-state index in [0.29, 0.717) is 42.8 Å². The summed E-state index contributed by atoms with van der Waals surface area (Å²) in [6.07, 6.45) is 1.60. The van der Waals surface area contributed by atoms with E-state index in [1.165, 1.54) is 23.0 Å². The Morgan fingerprint density at radius 3 is 2.63 bits per heavy atom. The Morgan fingerprint density at radius 2 is 1.94 bits per heavy atom. The van der Waals surface area contributed by atoms with Crippen LogP contribution in [0.3, 0.4) is 0 Å². The fourth-order valence-electron chi connectivity index (χ4n) is 3.85. The first-order valence-electron chi connectivity index (χ1n) is 10.8. The average Bonchev–Trinajstić information content (AvgIpc) is 3.16. The summed E-state index contributed by atoms with van der Waals surface area (Å²) in [4.78, 5) is 31.6. The van der Waals surface area contributed by atoms with Gasteiger partial charge in [0.1, 0.15) is 4.53 Å². The van der Waals surface area contributed by atoms with Crippen molar-refractivity contribution >= 4 is 40.8 Å². The van der Waals surface area contributed by atoms with E-state index in [1.807, 2.05) is 18.2 Å². The molecule has 2 aromatic carbocycles. The Morgan fingerprint density at radius 1 is 1.20 bits per heavy atom. The molecular weight excluding hydrogens is 490 g/mol. The molecular formula is C25H24ClN3O5S. The lowest BCUT2D eigenvalue weighted by Crippen LogP contribution is -2.40. The summed E-state index contributed by atoms with van der Waals surface area (Å²) < 4.78 is 18.1. The van der Waals surface area contributed by atoms with Crippen molar-refractivity contribution in [2.45, 2.75) is 19.9 Å². The molecule has 0 fully saturated rings. The van der Waals surface area contributed by atoms with Gasteiger partial charge < -0.3 is 19.5 Å². The van der Waals surface area contributed by atoms with Crippen molar-refractivity contribution in [3.63, 3.8) is 0 Å². The number of hydrogen-bond acceptors (Lipinski definition) is 8. The van der Waals surface area contributed by atoms with Gasteiger partial charge in [0, 0.05) is 6.20 Å². The van der Waals surface area contributed by atoms with Crippen LogP contribution >= 0.6 is 22.9 Å². The SMILES string of the molecule is CCOC(=O)C1=C(C)N=c2s/c(=C\Nc3ccccc3Cl)c(=O)n2[C@@H]1c1ccc(OC)c(OC)c1. The number of anilines is 1. The summed E-state index contributed by atoms with van der Waals surface area (Å²) in [5.74, 6) is 0.480. The van der Waals surface area contributed by atoms with E-state index >= 15 is 0 Å². The smallest absolute Gasteiger partial charge is 0.338 e. The number of thiazole rings is 1. The van der Waals surface area contributed by atoms with Gasteiger partial charge in [0.05, 0.1) is 48.8 Å². The van der Waals surface area contributed by atoms with E-state index < -0.39 is 12.0 Å². The molecule has 0 unspecified atom stereocenters. The number of benzene rings is 2. The van der Waals surface area contributed by atoms with Gasteiger partial charge in [-0.25, -0.2) is 9.79 Å². The molecule has 4 rings (SSSR count). The lowest BCUT2D eigenvalue weighted by atomic mass is 9.95. The average molecular weight is 514 g/mol. The summed E-state index contributed by atoms with van der Waals surface area (Å²) in [5.41, 5.74) is 1.79. The Kier molecular flexibility index (Phi) is 7.28. The van der Waals surface area contributed by atoms with Crippen molar-refractivity contribution in [3.05, 3.63) is 84.0 Å². The van der Waals surface area contributed by atoms with Crippen molar-refractivity contribution in [2.75, 3.05) is 26.1 Å². The summed E-state index contributed by atoms with van der Waals surface area (Å²) in [6.45, 7) is 3.66. The highest BCUT2D eigenvalue weighted by Gasteiger charge is 2.33. The highest BCUT2D eigenvalue weighted by molar-refractivity contribution is 7.07. The van der Waals surface area contributed by atoms with Gasteiger partial charge in [0.25, 0.3) is 5.56 Å². The van der Waals surface area contributed by atoms with Gasteiger partial charge in [0.2, 0.25) is 0 Å². The zero-order valence-corrected chi connectivity index (χ0v) is 21.2. The first-order chi connectivity index (χ1) is 16.9. The molecule has 0 saturated heterocycles. The van der Waals surface area contributed by atoms with Gasteiger partial charge >= 0.3 is 5.97 Å². The van der Waals surface area contributed by atoms with Crippen LogP contribution in [0.15, 0.2) is 63.5 Å². The molecule has 1 N–H and O–H groups in total. The first kappa shape index (κ1) is 24.6. The molecule has 1 aliphatic heterocycles. The number of carbonyl (C=O) groups is 1. The predicted octanol–water partition coefficient (Wildman–Crippen LogP) is 3.49. The molecule has 182 valence electrons. The molecule has 1 atom stereocenters. The van der Waals surface area contributed by atoms with Gasteiger partial charge in [-0.1, -0.05) is 41.1 Å². The molecule has 0 amide bonds. The van der Waals surface area contributed by atoms with E-state index in [2.05, 4.69) is 10.3 Å². The van der Waals surface area contributed by atoms with Gasteiger partial charge in [-0.15, -0.1) is 0 Å². The maximum Gasteiger partial charge on any atom is 0.338 e. The van der Waals surface area contributed by atoms with E-state index in [9.17, 15) is 9.59 Å². The number of hydrogen-bond donors (Lipinski definition) is 1. The molecule has 0 aliphatic carbocycles. The summed E-state index contributed by atoms with van der Waals surface area (Å²) >= 11 is 7.44. The van der Waals surface area contributed by atoms with Crippen LogP contribution in [0.1, 0.15) is 25.5 Å². The zero-order chi connectivity index (χ0) is 25.1. The van der Waals surface area contributed by atoms with Crippen molar-refractivity contribution in [3.8, 4) is 11.5 Å². The molecule has 0 radical (unpaired) electrons. The standard InChI is InChI=1S/C25H24ClN3O5S/c1-5-34-24(31)21-14(2)28-25-29(22(21)15-10-11-18(32-3)19(12-15)33-4)23(30)20(35-25)13-27-17-9-7-6-8-16(17)26/h6-13,22,27H,5H2,1-4H3/b20-13-/t22-/m1/s1. The largest absolute Gasteiger partial charge is 0.493 e. The number of halogens is 1. The van der Waals surface area contributed by atoms with E-state index in [1.54, 1.807) is 51.4 Å². The first-order valence-corrected chi connectivity index (χ1v) is 12.0. The Bertz CT molecular complexity index is 1490. The predicted molar refractivity (Wildman–Crippen MR) is 136 cm³/mol. The molecule has 35 heavy (non-hydrogen) atoms. The number of nitrogens with one attached hydrogen (secondary N) is 1. The summed E-state index contributed by atoms with van der Waals surface area (Å²) in [5, 5.41) is 3.62. The lowest BCUT2D eigenvalue weighted by molar-refractivity contribution is -0.139. The number of rotatable bonds is 7. The van der Waals surface area contributed by atoms with E-state index in [-0.39, 0.29) is 17.7 Å². The number of fused-ring (bicyclic) bond motifs is 1. The fourth-order valence-corrected chi connectivity index (χ4v) is 5.01. The van der Waals surface area contributed by atoms with Crippen LogP contribution in [-0.4, -0.2) is 31.4 Å². The van der Waals surface area contributed by atoms with Crippen LogP contribution in [0.25, 0.3) is 6.20 Å². The third kappa shape index (κ3) is 4.69. The van der Waals surface area contributed by atoms with Crippen LogP contribution in [0.4, 0.5) is 5.69 Å². The summed E-state index contributed by atoms with van der Waals surface area (Å²) in [7, 11) is 3.07. The molecule has 1 aliphatic rings. The minimum Gasteiger partial charge on any atom is -0.493 e. The molecule has 0 bridgehead atoms. The van der Waals surface area contributed by atoms with E-state index in [4.69, 9.17) is 25.8 Å². The molecule has 2 heterocycles. The van der Waals surface area contributed by atoms with Crippen molar-refractivity contribution < 1.29 is 19.0 Å². The highest BCUT2D eigenvalue weighted by atomic mass is 35.5. The lowest BCUT2D eigenvalue weighted by Gasteiger charge is -2.25. The van der Waals surface area contributed by atoms with Crippen LogP contribution < -0.4 is 29.7 Å². The molecule has 3 aromatic rings.